The van der Waals surface area contributed by atoms with Crippen LogP contribution in [0.3, 0.4) is 0 Å². The molecule has 0 saturated heterocycles. The van der Waals surface area contributed by atoms with Gasteiger partial charge in [-0.15, -0.1) is 0 Å². The van der Waals surface area contributed by atoms with Crippen LogP contribution in [0.5, 0.6) is 0 Å². The second-order valence-electron chi connectivity index (χ2n) is 0. The van der Waals surface area contributed by atoms with Gasteiger partial charge in [0.2, 0.25) is 0 Å². The summed E-state index contributed by atoms with van der Waals surface area (Å²) < 4.78 is 0. The summed E-state index contributed by atoms with van der Waals surface area (Å²) >= 11 is 0. The van der Waals surface area contributed by atoms with E-state index < -0.39 is 0 Å². The zero-order valence-electron chi connectivity index (χ0n) is 2.27. The molecule has 0 aromatic carbocycles. The van der Waals surface area contributed by atoms with Crippen molar-refractivity contribution < 1.29 is 36.5 Å². The molecule has 0 atom stereocenters. The van der Waals surface area contributed by atoms with Crippen molar-refractivity contribution in [2.75, 3.05) is 0 Å². The minimum atomic E-state index is 0. The van der Waals surface area contributed by atoms with E-state index in [-0.39, 0.29) is 85.4 Å². The zero-order chi connectivity index (χ0) is 0. The molecule has 0 aliphatic carbocycles. The van der Waals surface area contributed by atoms with Crippen LogP contribution in [0.15, 0.2) is 0 Å². The molecule has 0 aliphatic rings. The maximum absolute atomic E-state index is 0. The van der Waals surface area contributed by atoms with Gasteiger partial charge in [-0.25, -0.2) is 0 Å². The van der Waals surface area contributed by atoms with Crippen molar-refractivity contribution in [2.45, 2.75) is 0 Å². The first-order valence-electron chi connectivity index (χ1n) is 0. The fourth-order valence-corrected chi connectivity index (χ4v) is 0. The fourth-order valence-electron chi connectivity index (χ4n) is 0. The fraction of sp³-hybridized carbons (Fsp3) is 0. The summed E-state index contributed by atoms with van der Waals surface area (Å²) in [4.78, 5) is 0. The summed E-state index contributed by atoms with van der Waals surface area (Å²) in [5.74, 6) is 0. The first-order valence-corrected chi connectivity index (χ1v) is 0. The van der Waals surface area contributed by atoms with Crippen LogP contribution in [-0.2, 0) is 36.5 Å². The zero-order valence-corrected chi connectivity index (χ0v) is 9.10. The van der Waals surface area contributed by atoms with Crippen LogP contribution in [0, 0.1) is 0 Å². The SMILES string of the molecule is [Ba+2].[Ir+4].[O-2].[O-2].[O-2]. The molecule has 0 rings (SSSR count). The van der Waals surface area contributed by atoms with Crippen molar-refractivity contribution in [1.29, 1.82) is 0 Å². The Morgan fingerprint density at radius 3 is 0.600 bits per heavy atom. The van der Waals surface area contributed by atoms with Crippen LogP contribution in [0.1, 0.15) is 0 Å². The quantitative estimate of drug-likeness (QED) is 0.498. The summed E-state index contributed by atoms with van der Waals surface area (Å²) in [6.45, 7) is 0. The molecule has 3 nitrogen and oxygen atoms in total. The molecule has 0 heterocycles. The van der Waals surface area contributed by atoms with E-state index in [1.54, 1.807) is 0 Å². The Hall–Kier alpha value is 2.10. The van der Waals surface area contributed by atoms with Crippen molar-refractivity contribution in [1.82, 2.24) is 0 Å². The molecule has 29 valence electrons. The van der Waals surface area contributed by atoms with E-state index in [4.69, 9.17) is 0 Å². The Bertz CT molecular complexity index is 6.85. The molecule has 0 fully saturated rings. The molecule has 0 amide bonds. The Morgan fingerprint density at radius 2 is 0.600 bits per heavy atom. The Labute approximate surface area is 83.9 Å². The third kappa shape index (κ3) is 23.2. The Balaban J connectivity index is 0. The van der Waals surface area contributed by atoms with Gasteiger partial charge in [-0.3, -0.25) is 0 Å². The molecule has 0 aromatic heterocycles. The van der Waals surface area contributed by atoms with E-state index >= 15 is 0 Å². The molecular formula is BaIrO3. The van der Waals surface area contributed by atoms with E-state index in [0.717, 1.165) is 0 Å². The summed E-state index contributed by atoms with van der Waals surface area (Å²) in [6.07, 6.45) is 0. The van der Waals surface area contributed by atoms with Gasteiger partial charge in [0.1, 0.15) is 0 Å². The molecule has 5 heavy (non-hydrogen) atoms. The van der Waals surface area contributed by atoms with Crippen LogP contribution in [0.25, 0.3) is 0 Å². The van der Waals surface area contributed by atoms with Crippen molar-refractivity contribution in [3.8, 4) is 0 Å². The van der Waals surface area contributed by atoms with Gasteiger partial charge in [0.25, 0.3) is 0 Å². The normalized spacial score (nSPS) is 0. The maximum Gasteiger partial charge on any atom is 4.00 e. The predicted molar refractivity (Wildman–Crippen MR) is 7.81 cm³/mol. The largest absolute Gasteiger partial charge is 4.00 e. The van der Waals surface area contributed by atoms with Gasteiger partial charge >= 0.3 is 69.0 Å². The smallest absolute Gasteiger partial charge is 2.00 e. The van der Waals surface area contributed by atoms with Crippen LogP contribution < -0.4 is 0 Å². The predicted octanol–water partition coefficient (Wildman–Crippen LogP) is -0.740. The molecule has 0 saturated carbocycles. The minimum Gasteiger partial charge on any atom is -2.00 e. The van der Waals surface area contributed by atoms with E-state index in [1.165, 1.54) is 0 Å². The number of hydrogen-bond donors (Lipinski definition) is 0. The maximum atomic E-state index is 0. The summed E-state index contributed by atoms with van der Waals surface area (Å²) in [7, 11) is 0. The van der Waals surface area contributed by atoms with Gasteiger partial charge in [0, 0.05) is 0 Å². The summed E-state index contributed by atoms with van der Waals surface area (Å²) in [6, 6.07) is 0. The molecule has 0 spiro atoms. The van der Waals surface area contributed by atoms with Crippen molar-refractivity contribution in [3.63, 3.8) is 0 Å². The van der Waals surface area contributed by atoms with E-state index in [0.29, 0.717) is 0 Å². The Kier molecular flexibility index (Phi) is 431. The Morgan fingerprint density at radius 1 is 0.600 bits per heavy atom. The van der Waals surface area contributed by atoms with Crippen LogP contribution in [0.2, 0.25) is 0 Å². The van der Waals surface area contributed by atoms with Crippen molar-refractivity contribution >= 4 is 48.9 Å². The average Bonchev–Trinajstić information content (AvgIpc) is 0. The van der Waals surface area contributed by atoms with Gasteiger partial charge in [0.05, 0.1) is 0 Å². The number of rotatable bonds is 0. The minimum absolute atomic E-state index is 0. The van der Waals surface area contributed by atoms with E-state index in [9.17, 15) is 0 Å². The van der Waals surface area contributed by atoms with E-state index in [1.807, 2.05) is 0 Å². The average molecular weight is 378 g/mol. The second-order valence-corrected chi connectivity index (χ2v) is 0. The van der Waals surface area contributed by atoms with Gasteiger partial charge in [-0.05, 0) is 0 Å². The first kappa shape index (κ1) is 59.9. The summed E-state index contributed by atoms with van der Waals surface area (Å²) in [5, 5.41) is 0. The van der Waals surface area contributed by atoms with Gasteiger partial charge < -0.3 is 16.4 Å². The third-order valence-corrected chi connectivity index (χ3v) is 0. The molecule has 5 heteroatoms. The van der Waals surface area contributed by atoms with E-state index in [2.05, 4.69) is 0 Å². The molecule has 0 N–H and O–H groups in total. The van der Waals surface area contributed by atoms with Crippen molar-refractivity contribution in [3.05, 3.63) is 0 Å². The molecule has 0 bridgehead atoms. The first-order chi connectivity index (χ1) is 0. The molecule has 0 aliphatic heterocycles. The van der Waals surface area contributed by atoms with Gasteiger partial charge in [0.15, 0.2) is 0 Å². The third-order valence-electron chi connectivity index (χ3n) is 0. The number of hydrogen-bond acceptors (Lipinski definition) is 0. The molecular weight excluding hydrogens is 378 g/mol. The van der Waals surface area contributed by atoms with Crippen LogP contribution >= 0.6 is 0 Å². The van der Waals surface area contributed by atoms with Gasteiger partial charge in [-0.1, -0.05) is 0 Å². The van der Waals surface area contributed by atoms with Crippen LogP contribution in [0.4, 0.5) is 0 Å². The monoisotopic (exact) mass is 379 g/mol. The summed E-state index contributed by atoms with van der Waals surface area (Å²) in [5.41, 5.74) is 0. The van der Waals surface area contributed by atoms with Crippen LogP contribution in [-0.4, -0.2) is 48.9 Å². The van der Waals surface area contributed by atoms with Gasteiger partial charge in [-0.2, -0.15) is 0 Å². The topological polar surface area (TPSA) is 85.5 Å². The molecule has 0 unspecified atom stereocenters. The molecule has 1 radical (unpaired) electrons. The second kappa shape index (κ2) is 36.0. The molecule has 0 aromatic rings. The van der Waals surface area contributed by atoms with Crippen molar-refractivity contribution in [2.24, 2.45) is 0 Å². The standard InChI is InChI=1S/Ba.Ir.3O/q+2;+4;3*-2.